The van der Waals surface area contributed by atoms with Crippen LogP contribution in [0.4, 0.5) is 0 Å². The lowest BCUT2D eigenvalue weighted by molar-refractivity contribution is -0.129. The molecule has 1 heterocycles. The molecule has 0 aromatic heterocycles. The van der Waals surface area contributed by atoms with Crippen molar-refractivity contribution in [3.05, 3.63) is 88.6 Å². The predicted octanol–water partition coefficient (Wildman–Crippen LogP) is 4.84. The van der Waals surface area contributed by atoms with Gasteiger partial charge in [-0.05, 0) is 34.5 Å². The SMILES string of the molecule is O=C1OC(c2cccc3ccccc23)=NC1=Cc1ccccc1Cl. The number of hydrogen-bond donors (Lipinski definition) is 0. The lowest BCUT2D eigenvalue weighted by Gasteiger charge is -2.04. The Labute approximate surface area is 143 Å². The van der Waals surface area contributed by atoms with Gasteiger partial charge in [-0.1, -0.05) is 66.2 Å². The van der Waals surface area contributed by atoms with Crippen LogP contribution < -0.4 is 0 Å². The first-order valence-corrected chi connectivity index (χ1v) is 7.85. The zero-order valence-electron chi connectivity index (χ0n) is 12.6. The summed E-state index contributed by atoms with van der Waals surface area (Å²) in [5.74, 6) is -0.159. The zero-order valence-corrected chi connectivity index (χ0v) is 13.3. The number of hydrogen-bond acceptors (Lipinski definition) is 3. The Morgan fingerprint density at radius 2 is 1.67 bits per heavy atom. The quantitative estimate of drug-likeness (QED) is 0.497. The molecule has 0 amide bonds. The van der Waals surface area contributed by atoms with E-state index in [1.807, 2.05) is 60.7 Å². The van der Waals surface area contributed by atoms with Crippen molar-refractivity contribution in [2.24, 2.45) is 4.99 Å². The van der Waals surface area contributed by atoms with E-state index in [1.54, 1.807) is 12.1 Å². The van der Waals surface area contributed by atoms with Crippen molar-refractivity contribution in [1.29, 1.82) is 0 Å². The van der Waals surface area contributed by atoms with Crippen LogP contribution in [-0.2, 0) is 9.53 Å². The molecule has 0 saturated carbocycles. The van der Waals surface area contributed by atoms with E-state index in [0.717, 1.165) is 21.9 Å². The number of carbonyl (C=O) groups excluding carboxylic acids is 1. The number of aliphatic imine (C=N–C) groups is 1. The zero-order chi connectivity index (χ0) is 16.5. The van der Waals surface area contributed by atoms with E-state index in [0.29, 0.717) is 10.9 Å². The van der Waals surface area contributed by atoms with E-state index >= 15 is 0 Å². The summed E-state index contributed by atoms with van der Waals surface area (Å²) < 4.78 is 5.38. The summed E-state index contributed by atoms with van der Waals surface area (Å²) in [7, 11) is 0. The molecule has 4 rings (SSSR count). The normalized spacial score (nSPS) is 15.6. The largest absolute Gasteiger partial charge is 0.402 e. The fourth-order valence-electron chi connectivity index (χ4n) is 2.68. The van der Waals surface area contributed by atoms with Crippen molar-refractivity contribution in [1.82, 2.24) is 0 Å². The molecule has 0 bridgehead atoms. The highest BCUT2D eigenvalue weighted by Gasteiger charge is 2.25. The highest BCUT2D eigenvalue weighted by molar-refractivity contribution is 6.32. The minimum absolute atomic E-state index is 0.242. The molecule has 0 atom stereocenters. The molecule has 0 fully saturated rings. The van der Waals surface area contributed by atoms with Crippen LogP contribution in [0.15, 0.2) is 77.4 Å². The lowest BCUT2D eigenvalue weighted by Crippen LogP contribution is -2.05. The monoisotopic (exact) mass is 333 g/mol. The molecule has 0 spiro atoms. The molecule has 116 valence electrons. The van der Waals surface area contributed by atoms with Gasteiger partial charge in [0.05, 0.1) is 0 Å². The average Bonchev–Trinajstić information content (AvgIpc) is 2.97. The third kappa shape index (κ3) is 2.59. The van der Waals surface area contributed by atoms with Crippen LogP contribution >= 0.6 is 11.6 Å². The van der Waals surface area contributed by atoms with Gasteiger partial charge in [0.25, 0.3) is 0 Å². The van der Waals surface area contributed by atoms with Gasteiger partial charge in [-0.3, -0.25) is 0 Å². The summed E-state index contributed by atoms with van der Waals surface area (Å²) in [5, 5.41) is 2.62. The fourth-order valence-corrected chi connectivity index (χ4v) is 2.87. The first-order chi connectivity index (χ1) is 11.7. The molecule has 1 aliphatic heterocycles. The topological polar surface area (TPSA) is 38.7 Å². The minimum Gasteiger partial charge on any atom is -0.402 e. The average molecular weight is 334 g/mol. The first-order valence-electron chi connectivity index (χ1n) is 7.47. The molecule has 0 aliphatic carbocycles. The number of rotatable bonds is 2. The minimum atomic E-state index is -0.474. The van der Waals surface area contributed by atoms with E-state index in [-0.39, 0.29) is 5.70 Å². The van der Waals surface area contributed by atoms with Gasteiger partial charge in [0.2, 0.25) is 5.90 Å². The summed E-state index contributed by atoms with van der Waals surface area (Å²) in [6, 6.07) is 21.0. The second-order valence-corrected chi connectivity index (χ2v) is 5.79. The summed E-state index contributed by atoms with van der Waals surface area (Å²) in [5.41, 5.74) is 1.77. The number of halogens is 1. The van der Waals surface area contributed by atoms with Gasteiger partial charge in [-0.15, -0.1) is 0 Å². The standard InChI is InChI=1S/C20H12ClNO2/c21-17-11-4-2-7-14(17)12-18-20(23)24-19(22-18)16-10-5-8-13-6-1-3-9-15(13)16/h1-12H. The molecule has 0 saturated heterocycles. The van der Waals surface area contributed by atoms with Gasteiger partial charge in [-0.25, -0.2) is 9.79 Å². The van der Waals surface area contributed by atoms with Crippen molar-refractivity contribution in [2.45, 2.75) is 0 Å². The summed E-state index contributed by atoms with van der Waals surface area (Å²) in [6.45, 7) is 0. The van der Waals surface area contributed by atoms with E-state index in [2.05, 4.69) is 4.99 Å². The Balaban J connectivity index is 1.80. The molecule has 0 N–H and O–H groups in total. The summed E-state index contributed by atoms with van der Waals surface area (Å²) in [4.78, 5) is 16.5. The molecule has 3 nitrogen and oxygen atoms in total. The Morgan fingerprint density at radius 3 is 2.54 bits per heavy atom. The van der Waals surface area contributed by atoms with Gasteiger partial charge in [0.15, 0.2) is 5.70 Å². The fraction of sp³-hybridized carbons (Fsp3) is 0. The number of benzene rings is 3. The van der Waals surface area contributed by atoms with Crippen molar-refractivity contribution < 1.29 is 9.53 Å². The highest BCUT2D eigenvalue weighted by atomic mass is 35.5. The third-order valence-electron chi connectivity index (χ3n) is 3.84. The molecule has 24 heavy (non-hydrogen) atoms. The molecule has 0 unspecified atom stereocenters. The number of ether oxygens (including phenoxy) is 1. The van der Waals surface area contributed by atoms with Crippen LogP contribution in [-0.4, -0.2) is 11.9 Å². The predicted molar refractivity (Wildman–Crippen MR) is 96.0 cm³/mol. The van der Waals surface area contributed by atoms with Crippen LogP contribution in [0.1, 0.15) is 11.1 Å². The van der Waals surface area contributed by atoms with Crippen LogP contribution in [0.5, 0.6) is 0 Å². The maximum Gasteiger partial charge on any atom is 0.363 e. The molecule has 1 aliphatic rings. The number of carbonyl (C=O) groups is 1. The van der Waals surface area contributed by atoms with Gasteiger partial charge in [0.1, 0.15) is 0 Å². The first kappa shape index (κ1) is 14.7. The van der Waals surface area contributed by atoms with Crippen LogP contribution in [0.25, 0.3) is 16.8 Å². The Hall–Kier alpha value is -2.91. The molecular formula is C20H12ClNO2. The number of esters is 1. The maximum atomic E-state index is 12.2. The Kier molecular flexibility index (Phi) is 3.63. The van der Waals surface area contributed by atoms with Crippen molar-refractivity contribution in [3.63, 3.8) is 0 Å². The smallest absolute Gasteiger partial charge is 0.363 e. The lowest BCUT2D eigenvalue weighted by atomic mass is 10.0. The second-order valence-electron chi connectivity index (χ2n) is 5.38. The molecule has 4 heteroatoms. The third-order valence-corrected chi connectivity index (χ3v) is 4.18. The molecule has 3 aromatic carbocycles. The van der Waals surface area contributed by atoms with E-state index in [4.69, 9.17) is 16.3 Å². The van der Waals surface area contributed by atoms with Gasteiger partial charge in [-0.2, -0.15) is 0 Å². The molecule has 0 radical (unpaired) electrons. The maximum absolute atomic E-state index is 12.2. The summed E-state index contributed by atoms with van der Waals surface area (Å²) in [6.07, 6.45) is 1.64. The second kappa shape index (κ2) is 5.95. The van der Waals surface area contributed by atoms with Gasteiger partial charge < -0.3 is 4.74 Å². The number of fused-ring (bicyclic) bond motifs is 1. The molecular weight excluding hydrogens is 322 g/mol. The van der Waals surface area contributed by atoms with Crippen molar-refractivity contribution in [3.8, 4) is 0 Å². The van der Waals surface area contributed by atoms with Crippen LogP contribution in [0, 0.1) is 0 Å². The van der Waals surface area contributed by atoms with E-state index in [9.17, 15) is 4.79 Å². The van der Waals surface area contributed by atoms with Crippen molar-refractivity contribution >= 4 is 40.3 Å². The van der Waals surface area contributed by atoms with E-state index < -0.39 is 5.97 Å². The van der Waals surface area contributed by atoms with Crippen molar-refractivity contribution in [2.75, 3.05) is 0 Å². The molecule has 3 aromatic rings. The number of cyclic esters (lactones) is 1. The van der Waals surface area contributed by atoms with Gasteiger partial charge >= 0.3 is 5.97 Å². The Bertz CT molecular complexity index is 1020. The van der Waals surface area contributed by atoms with Crippen LogP contribution in [0.3, 0.4) is 0 Å². The Morgan fingerprint density at radius 1 is 0.917 bits per heavy atom. The van der Waals surface area contributed by atoms with Crippen LogP contribution in [0.2, 0.25) is 5.02 Å². The van der Waals surface area contributed by atoms with E-state index in [1.165, 1.54) is 0 Å². The number of nitrogens with zero attached hydrogens (tertiary/aromatic N) is 1. The highest BCUT2D eigenvalue weighted by Crippen LogP contribution is 2.26. The van der Waals surface area contributed by atoms with Gasteiger partial charge in [0, 0.05) is 10.6 Å². The summed E-state index contributed by atoms with van der Waals surface area (Å²) >= 11 is 6.14.